The second-order valence-corrected chi connectivity index (χ2v) is 4.16. The first-order valence-corrected chi connectivity index (χ1v) is 5.65. The molecule has 5 heteroatoms. The van der Waals surface area contributed by atoms with E-state index in [9.17, 15) is 4.79 Å². The fraction of sp³-hybridized carbons (Fsp3) is 0.727. The van der Waals surface area contributed by atoms with E-state index in [-0.39, 0.29) is 11.7 Å². The van der Waals surface area contributed by atoms with E-state index in [1.54, 1.807) is 6.92 Å². The molecule has 2 heterocycles. The van der Waals surface area contributed by atoms with Gasteiger partial charge in [-0.1, -0.05) is 5.16 Å². The van der Waals surface area contributed by atoms with Crippen LogP contribution in [0.25, 0.3) is 0 Å². The normalized spacial score (nSPS) is 20.9. The molecule has 0 bridgehead atoms. The highest BCUT2D eigenvalue weighted by molar-refractivity contribution is 5.75. The lowest BCUT2D eigenvalue weighted by molar-refractivity contribution is -0.117. The van der Waals surface area contributed by atoms with Gasteiger partial charge >= 0.3 is 0 Å². The Labute approximate surface area is 94.2 Å². The smallest absolute Gasteiger partial charge is 0.227 e. The van der Waals surface area contributed by atoms with Crippen LogP contribution in [0.3, 0.4) is 0 Å². The van der Waals surface area contributed by atoms with Gasteiger partial charge in [-0.25, -0.2) is 0 Å². The molecule has 0 aromatic carbocycles. The van der Waals surface area contributed by atoms with Gasteiger partial charge in [0.05, 0.1) is 6.61 Å². The van der Waals surface area contributed by atoms with Crippen molar-refractivity contribution in [3.63, 3.8) is 0 Å². The Hall–Kier alpha value is -1.23. The van der Waals surface area contributed by atoms with Crippen LogP contribution in [-0.2, 0) is 16.0 Å². The Bertz CT molecular complexity index is 356. The van der Waals surface area contributed by atoms with Crippen LogP contribution < -0.4 is 0 Å². The molecule has 0 saturated carbocycles. The maximum atomic E-state index is 10.8. The van der Waals surface area contributed by atoms with E-state index in [4.69, 9.17) is 9.26 Å². The monoisotopic (exact) mass is 224 g/mol. The van der Waals surface area contributed by atoms with Gasteiger partial charge in [0.25, 0.3) is 0 Å². The average molecular weight is 224 g/mol. The van der Waals surface area contributed by atoms with Gasteiger partial charge in [-0.2, -0.15) is 4.98 Å². The van der Waals surface area contributed by atoms with Crippen molar-refractivity contribution in [1.82, 2.24) is 10.1 Å². The molecule has 0 N–H and O–H groups in total. The number of carbonyl (C=O) groups is 1. The van der Waals surface area contributed by atoms with Crippen molar-refractivity contribution in [3.8, 4) is 0 Å². The van der Waals surface area contributed by atoms with Gasteiger partial charge < -0.3 is 14.1 Å². The summed E-state index contributed by atoms with van der Waals surface area (Å²) in [6.07, 6.45) is 3.09. The lowest BCUT2D eigenvalue weighted by Gasteiger charge is -2.18. The topological polar surface area (TPSA) is 65.2 Å². The lowest BCUT2D eigenvalue weighted by atomic mass is 10.0. The van der Waals surface area contributed by atoms with E-state index in [1.165, 1.54) is 0 Å². The van der Waals surface area contributed by atoms with Gasteiger partial charge in [-0.15, -0.1) is 0 Å². The summed E-state index contributed by atoms with van der Waals surface area (Å²) in [4.78, 5) is 15.1. The number of aryl methyl sites for hydroxylation is 1. The molecule has 1 atom stereocenters. The van der Waals surface area contributed by atoms with Crippen molar-refractivity contribution >= 4 is 5.78 Å². The molecule has 1 fully saturated rings. The number of ether oxygens (including phenoxy) is 1. The summed E-state index contributed by atoms with van der Waals surface area (Å²) in [5.74, 6) is 1.67. The highest BCUT2D eigenvalue weighted by atomic mass is 16.5. The SMILES string of the molecule is CC(=O)CCc1nc(C2CCCOC2)no1. The zero-order valence-corrected chi connectivity index (χ0v) is 9.44. The number of ketones is 1. The Morgan fingerprint density at radius 3 is 3.12 bits per heavy atom. The molecule has 0 radical (unpaired) electrons. The Balaban J connectivity index is 1.93. The zero-order chi connectivity index (χ0) is 11.4. The Kier molecular flexibility index (Phi) is 3.66. The molecule has 0 spiro atoms. The van der Waals surface area contributed by atoms with Crippen LogP contribution in [-0.4, -0.2) is 29.1 Å². The molecular formula is C11H16N2O3. The maximum Gasteiger partial charge on any atom is 0.227 e. The Morgan fingerprint density at radius 1 is 1.56 bits per heavy atom. The number of Topliss-reactive ketones (excluding diaryl/α,β-unsaturated/α-hetero) is 1. The van der Waals surface area contributed by atoms with Crippen LogP contribution in [0.5, 0.6) is 0 Å². The third-order valence-corrected chi connectivity index (χ3v) is 2.70. The summed E-state index contributed by atoms with van der Waals surface area (Å²) in [7, 11) is 0. The first-order chi connectivity index (χ1) is 7.75. The predicted molar refractivity (Wildman–Crippen MR) is 56.1 cm³/mol. The summed E-state index contributed by atoms with van der Waals surface area (Å²) < 4.78 is 10.5. The molecule has 1 unspecified atom stereocenters. The van der Waals surface area contributed by atoms with Crippen molar-refractivity contribution in [1.29, 1.82) is 0 Å². The Morgan fingerprint density at radius 2 is 2.44 bits per heavy atom. The fourth-order valence-electron chi connectivity index (χ4n) is 1.76. The summed E-state index contributed by atoms with van der Waals surface area (Å²) in [6.45, 7) is 3.06. The average Bonchev–Trinajstić information content (AvgIpc) is 2.76. The van der Waals surface area contributed by atoms with E-state index in [1.807, 2.05) is 0 Å². The van der Waals surface area contributed by atoms with Gasteiger partial charge in [-0.3, -0.25) is 0 Å². The van der Waals surface area contributed by atoms with Crippen molar-refractivity contribution in [2.75, 3.05) is 13.2 Å². The second kappa shape index (κ2) is 5.21. The summed E-state index contributed by atoms with van der Waals surface area (Å²) in [6, 6.07) is 0. The number of nitrogens with zero attached hydrogens (tertiary/aromatic N) is 2. The number of aromatic nitrogens is 2. The largest absolute Gasteiger partial charge is 0.381 e. The molecule has 1 aliphatic rings. The molecule has 1 aromatic heterocycles. The number of rotatable bonds is 4. The van der Waals surface area contributed by atoms with E-state index < -0.39 is 0 Å². The highest BCUT2D eigenvalue weighted by Gasteiger charge is 2.21. The number of hydrogen-bond acceptors (Lipinski definition) is 5. The fourth-order valence-corrected chi connectivity index (χ4v) is 1.76. The molecule has 16 heavy (non-hydrogen) atoms. The molecular weight excluding hydrogens is 208 g/mol. The lowest BCUT2D eigenvalue weighted by Crippen LogP contribution is -2.16. The maximum absolute atomic E-state index is 10.8. The molecule has 5 nitrogen and oxygen atoms in total. The van der Waals surface area contributed by atoms with Crippen LogP contribution in [0.1, 0.15) is 43.8 Å². The number of carbonyl (C=O) groups excluding carboxylic acids is 1. The van der Waals surface area contributed by atoms with Gasteiger partial charge in [0.2, 0.25) is 5.89 Å². The second-order valence-electron chi connectivity index (χ2n) is 4.16. The summed E-state index contributed by atoms with van der Waals surface area (Å²) >= 11 is 0. The minimum Gasteiger partial charge on any atom is -0.381 e. The van der Waals surface area contributed by atoms with Crippen LogP contribution in [0.2, 0.25) is 0 Å². The predicted octanol–water partition coefficient (Wildman–Crippen LogP) is 1.49. The van der Waals surface area contributed by atoms with Gasteiger partial charge in [-0.05, 0) is 19.8 Å². The van der Waals surface area contributed by atoms with Gasteiger partial charge in [0.1, 0.15) is 5.78 Å². The molecule has 1 aliphatic heterocycles. The quantitative estimate of drug-likeness (QED) is 0.775. The standard InChI is InChI=1S/C11H16N2O3/c1-8(14)4-5-10-12-11(13-16-10)9-3-2-6-15-7-9/h9H,2-7H2,1H3. The minimum atomic E-state index is 0.140. The van der Waals surface area contributed by atoms with Crippen LogP contribution >= 0.6 is 0 Å². The van der Waals surface area contributed by atoms with Gasteiger partial charge in [0.15, 0.2) is 5.82 Å². The molecule has 88 valence electrons. The van der Waals surface area contributed by atoms with Crippen LogP contribution in [0, 0.1) is 0 Å². The third-order valence-electron chi connectivity index (χ3n) is 2.70. The first-order valence-electron chi connectivity index (χ1n) is 5.65. The third kappa shape index (κ3) is 2.88. The number of hydrogen-bond donors (Lipinski definition) is 0. The van der Waals surface area contributed by atoms with Crippen LogP contribution in [0.15, 0.2) is 4.52 Å². The zero-order valence-electron chi connectivity index (χ0n) is 9.44. The van der Waals surface area contributed by atoms with Crippen LogP contribution in [0.4, 0.5) is 0 Å². The molecule has 0 aliphatic carbocycles. The molecule has 1 saturated heterocycles. The highest BCUT2D eigenvalue weighted by Crippen LogP contribution is 2.22. The van der Waals surface area contributed by atoms with Gasteiger partial charge in [0, 0.05) is 25.4 Å². The van der Waals surface area contributed by atoms with E-state index >= 15 is 0 Å². The van der Waals surface area contributed by atoms with Crippen molar-refractivity contribution in [2.24, 2.45) is 0 Å². The molecule has 0 amide bonds. The first kappa shape index (κ1) is 11.3. The summed E-state index contributed by atoms with van der Waals surface area (Å²) in [5, 5.41) is 3.94. The summed E-state index contributed by atoms with van der Waals surface area (Å²) in [5.41, 5.74) is 0. The van der Waals surface area contributed by atoms with Crippen molar-refractivity contribution in [3.05, 3.63) is 11.7 Å². The van der Waals surface area contributed by atoms with E-state index in [0.717, 1.165) is 25.3 Å². The van der Waals surface area contributed by atoms with Crippen molar-refractivity contribution < 1.29 is 14.1 Å². The van der Waals surface area contributed by atoms with E-state index in [0.29, 0.717) is 25.3 Å². The van der Waals surface area contributed by atoms with Crippen molar-refractivity contribution in [2.45, 2.75) is 38.5 Å². The molecule has 1 aromatic rings. The van der Waals surface area contributed by atoms with E-state index in [2.05, 4.69) is 10.1 Å². The molecule has 2 rings (SSSR count). The minimum absolute atomic E-state index is 0.140.